The maximum absolute atomic E-state index is 6.14. The number of nitrogens with zero attached hydrogens (tertiary/aromatic N) is 3. The van der Waals surface area contributed by atoms with Crippen LogP contribution in [0.1, 0.15) is 16.8 Å². The Hall–Kier alpha value is -3.41. The second kappa shape index (κ2) is 9.39. The van der Waals surface area contributed by atoms with E-state index in [2.05, 4.69) is 52.9 Å². The molecule has 0 amide bonds. The first-order valence-corrected chi connectivity index (χ1v) is 11.1. The van der Waals surface area contributed by atoms with Crippen molar-refractivity contribution in [2.45, 2.75) is 19.5 Å². The molecule has 160 valence electrons. The summed E-state index contributed by atoms with van der Waals surface area (Å²) < 4.78 is 0. The Balaban J connectivity index is 1.31. The van der Waals surface area contributed by atoms with E-state index in [1.54, 1.807) is 4.80 Å². The minimum Gasteiger partial charge on any atom is -0.361 e. The van der Waals surface area contributed by atoms with Crippen LogP contribution < -0.4 is 5.32 Å². The van der Waals surface area contributed by atoms with Crippen molar-refractivity contribution >= 4 is 22.5 Å². The molecule has 0 saturated carbocycles. The van der Waals surface area contributed by atoms with Gasteiger partial charge in [-0.05, 0) is 42.3 Å². The largest absolute Gasteiger partial charge is 0.361 e. The van der Waals surface area contributed by atoms with Crippen molar-refractivity contribution < 1.29 is 0 Å². The van der Waals surface area contributed by atoms with Gasteiger partial charge in [-0.15, -0.1) is 0 Å². The quantitative estimate of drug-likeness (QED) is 0.314. The monoisotopic (exact) mass is 441 g/mol. The van der Waals surface area contributed by atoms with E-state index in [0.717, 1.165) is 40.5 Å². The fraction of sp³-hybridized carbons (Fsp3) is 0.154. The summed E-state index contributed by atoms with van der Waals surface area (Å²) >= 11 is 6.14. The van der Waals surface area contributed by atoms with Crippen molar-refractivity contribution in [2.75, 3.05) is 6.54 Å². The van der Waals surface area contributed by atoms with Crippen LogP contribution in [-0.2, 0) is 19.5 Å². The van der Waals surface area contributed by atoms with Crippen LogP contribution in [0.25, 0.3) is 22.2 Å². The van der Waals surface area contributed by atoms with Crippen molar-refractivity contribution in [3.8, 4) is 11.3 Å². The van der Waals surface area contributed by atoms with Crippen LogP contribution in [0, 0.1) is 0 Å². The zero-order chi connectivity index (χ0) is 21.8. The average Bonchev–Trinajstić information content (AvgIpc) is 3.41. The van der Waals surface area contributed by atoms with Gasteiger partial charge in [-0.3, -0.25) is 0 Å². The number of aromatic nitrogens is 4. The van der Waals surface area contributed by atoms with Crippen LogP contribution in [0.15, 0.2) is 85.1 Å². The zero-order valence-electron chi connectivity index (χ0n) is 17.6. The van der Waals surface area contributed by atoms with Gasteiger partial charge in [-0.25, -0.2) is 0 Å². The molecule has 0 radical (unpaired) electrons. The molecule has 0 atom stereocenters. The molecule has 2 heterocycles. The van der Waals surface area contributed by atoms with E-state index in [9.17, 15) is 0 Å². The molecule has 0 unspecified atom stereocenters. The Morgan fingerprint density at radius 1 is 0.906 bits per heavy atom. The summed E-state index contributed by atoms with van der Waals surface area (Å²) in [7, 11) is 0. The van der Waals surface area contributed by atoms with E-state index in [1.807, 2.05) is 42.5 Å². The molecule has 0 saturated heterocycles. The summed E-state index contributed by atoms with van der Waals surface area (Å²) in [6.07, 6.45) is 3.05. The summed E-state index contributed by atoms with van der Waals surface area (Å²) in [4.78, 5) is 5.10. The Morgan fingerprint density at radius 2 is 1.75 bits per heavy atom. The molecule has 5 nitrogen and oxygen atoms in total. The molecular formula is C26H24ClN5. The maximum atomic E-state index is 6.14. The SMILES string of the molecule is Clc1cccc(Cn2nc(CNCCc3c[nH]c4ccccc34)c(-c3ccccc3)n2)c1. The average molecular weight is 442 g/mol. The number of hydrogen-bond acceptors (Lipinski definition) is 3. The van der Waals surface area contributed by atoms with Gasteiger partial charge in [0, 0.05) is 34.2 Å². The molecular weight excluding hydrogens is 418 g/mol. The number of H-pyrrole nitrogens is 1. The zero-order valence-corrected chi connectivity index (χ0v) is 18.4. The lowest BCUT2D eigenvalue weighted by molar-refractivity contribution is 0.577. The number of rotatable bonds is 8. The van der Waals surface area contributed by atoms with Gasteiger partial charge in [-0.1, -0.05) is 72.3 Å². The standard InChI is InChI=1S/C26H24ClN5/c27-22-10-6-7-19(15-22)18-32-30-25(26(31-32)20-8-2-1-3-9-20)17-28-14-13-21-16-29-24-12-5-4-11-23(21)24/h1-12,15-16,28-29H,13-14,17-18H2. The molecule has 5 aromatic rings. The van der Waals surface area contributed by atoms with Crippen molar-refractivity contribution in [1.82, 2.24) is 25.3 Å². The number of halogens is 1. The normalized spacial score (nSPS) is 11.3. The Bertz CT molecular complexity index is 1320. The highest BCUT2D eigenvalue weighted by atomic mass is 35.5. The number of benzene rings is 3. The first-order chi connectivity index (χ1) is 15.8. The highest BCUT2D eigenvalue weighted by Crippen LogP contribution is 2.21. The molecule has 0 aliphatic rings. The maximum Gasteiger partial charge on any atom is 0.117 e. The van der Waals surface area contributed by atoms with E-state index in [-0.39, 0.29) is 0 Å². The lowest BCUT2D eigenvalue weighted by atomic mass is 10.1. The third kappa shape index (κ3) is 4.59. The molecule has 0 aliphatic carbocycles. The Kier molecular flexibility index (Phi) is 6.01. The highest BCUT2D eigenvalue weighted by molar-refractivity contribution is 6.30. The summed E-state index contributed by atoms with van der Waals surface area (Å²) in [5, 5.41) is 15.1. The van der Waals surface area contributed by atoms with Crippen LogP contribution in [0.2, 0.25) is 5.02 Å². The molecule has 0 aliphatic heterocycles. The lowest BCUT2D eigenvalue weighted by Gasteiger charge is -2.04. The predicted molar refractivity (Wildman–Crippen MR) is 130 cm³/mol. The van der Waals surface area contributed by atoms with Crippen molar-refractivity contribution in [3.63, 3.8) is 0 Å². The third-order valence-corrected chi connectivity index (χ3v) is 5.76. The fourth-order valence-corrected chi connectivity index (χ4v) is 4.17. The Morgan fingerprint density at radius 3 is 2.62 bits per heavy atom. The minimum atomic E-state index is 0.579. The highest BCUT2D eigenvalue weighted by Gasteiger charge is 2.13. The number of nitrogens with one attached hydrogen (secondary N) is 2. The smallest absolute Gasteiger partial charge is 0.117 e. The molecule has 0 fully saturated rings. The minimum absolute atomic E-state index is 0.579. The van der Waals surface area contributed by atoms with E-state index < -0.39 is 0 Å². The van der Waals surface area contributed by atoms with Crippen molar-refractivity contribution in [3.05, 3.63) is 107 Å². The van der Waals surface area contributed by atoms with Crippen LogP contribution >= 0.6 is 11.6 Å². The lowest BCUT2D eigenvalue weighted by Crippen LogP contribution is -2.17. The molecule has 0 spiro atoms. The van der Waals surface area contributed by atoms with Gasteiger partial charge in [0.05, 0.1) is 6.54 Å². The van der Waals surface area contributed by atoms with Crippen LogP contribution in [0.3, 0.4) is 0 Å². The second-order valence-electron chi connectivity index (χ2n) is 7.81. The predicted octanol–water partition coefficient (Wildman–Crippen LogP) is 5.46. The number of aromatic amines is 1. The molecule has 2 aromatic heterocycles. The number of para-hydroxylation sites is 1. The van der Waals surface area contributed by atoms with Crippen molar-refractivity contribution in [1.29, 1.82) is 0 Å². The first kappa shape index (κ1) is 20.5. The molecule has 5 rings (SSSR count). The summed E-state index contributed by atoms with van der Waals surface area (Å²) in [6.45, 7) is 2.09. The molecule has 0 bridgehead atoms. The van der Waals surface area contributed by atoms with Gasteiger partial charge in [-0.2, -0.15) is 15.0 Å². The fourth-order valence-electron chi connectivity index (χ4n) is 3.96. The topological polar surface area (TPSA) is 58.5 Å². The van der Waals surface area contributed by atoms with Gasteiger partial charge in [0.2, 0.25) is 0 Å². The molecule has 2 N–H and O–H groups in total. The van der Waals surface area contributed by atoms with Gasteiger partial charge >= 0.3 is 0 Å². The van der Waals surface area contributed by atoms with Crippen LogP contribution in [0.4, 0.5) is 0 Å². The van der Waals surface area contributed by atoms with E-state index >= 15 is 0 Å². The number of fused-ring (bicyclic) bond motifs is 1. The second-order valence-corrected chi connectivity index (χ2v) is 8.24. The third-order valence-electron chi connectivity index (χ3n) is 5.52. The first-order valence-electron chi connectivity index (χ1n) is 10.8. The van der Waals surface area contributed by atoms with Gasteiger partial charge in [0.1, 0.15) is 11.4 Å². The van der Waals surface area contributed by atoms with E-state index in [1.165, 1.54) is 16.5 Å². The summed E-state index contributed by atoms with van der Waals surface area (Å²) in [5.74, 6) is 0. The van der Waals surface area contributed by atoms with Gasteiger partial charge < -0.3 is 10.3 Å². The molecule has 32 heavy (non-hydrogen) atoms. The Labute approximate surface area is 192 Å². The van der Waals surface area contributed by atoms with Gasteiger partial charge in [0.25, 0.3) is 0 Å². The van der Waals surface area contributed by atoms with E-state index in [4.69, 9.17) is 21.8 Å². The summed E-state index contributed by atoms with van der Waals surface area (Å²) in [5.41, 5.74) is 6.49. The molecule has 6 heteroatoms. The van der Waals surface area contributed by atoms with E-state index in [0.29, 0.717) is 13.1 Å². The van der Waals surface area contributed by atoms with Crippen LogP contribution in [-0.4, -0.2) is 26.5 Å². The van der Waals surface area contributed by atoms with Crippen LogP contribution in [0.5, 0.6) is 0 Å². The summed E-state index contributed by atoms with van der Waals surface area (Å²) in [6, 6.07) is 26.4. The number of hydrogen-bond donors (Lipinski definition) is 2. The van der Waals surface area contributed by atoms with Gasteiger partial charge in [0.15, 0.2) is 0 Å². The molecule has 3 aromatic carbocycles. The van der Waals surface area contributed by atoms with Crippen molar-refractivity contribution in [2.24, 2.45) is 0 Å².